The van der Waals surface area contributed by atoms with E-state index in [4.69, 9.17) is 4.52 Å². The summed E-state index contributed by atoms with van der Waals surface area (Å²) in [6.45, 7) is 4.39. The molecule has 2 aliphatic rings. The van der Waals surface area contributed by atoms with Gasteiger partial charge >= 0.3 is 0 Å². The Balaban J connectivity index is 1.54. The van der Waals surface area contributed by atoms with Crippen molar-refractivity contribution in [3.05, 3.63) is 12.2 Å². The summed E-state index contributed by atoms with van der Waals surface area (Å²) < 4.78 is 4.77. The molecule has 0 aromatic carbocycles. The van der Waals surface area contributed by atoms with Crippen molar-refractivity contribution < 1.29 is 14.1 Å². The second-order valence-corrected chi connectivity index (χ2v) is 5.84. The van der Waals surface area contributed by atoms with Crippen molar-refractivity contribution in [2.45, 2.75) is 32.1 Å². The molecule has 7 nitrogen and oxygen atoms in total. The lowest BCUT2D eigenvalue weighted by molar-refractivity contribution is -0.139. The topological polar surface area (TPSA) is 79.5 Å². The number of piperidine rings is 1. The van der Waals surface area contributed by atoms with Gasteiger partial charge in [0.25, 0.3) is 0 Å². The summed E-state index contributed by atoms with van der Waals surface area (Å²) in [5.74, 6) is 1.23. The quantitative estimate of drug-likeness (QED) is 0.799. The summed E-state index contributed by atoms with van der Waals surface area (Å²) >= 11 is 0. The van der Waals surface area contributed by atoms with Crippen LogP contribution in [0.25, 0.3) is 0 Å². The molecule has 0 N–H and O–H groups in total. The van der Waals surface area contributed by atoms with E-state index in [1.165, 1.54) is 6.39 Å². The smallest absolute Gasteiger partial charge is 0.225 e. The lowest BCUT2D eigenvalue weighted by Gasteiger charge is -2.32. The third-order valence-electron chi connectivity index (χ3n) is 4.53. The van der Waals surface area contributed by atoms with Crippen LogP contribution in [0.5, 0.6) is 0 Å². The molecule has 3 heterocycles. The number of carbonyl (C=O) groups excluding carboxylic acids is 2. The molecule has 0 aliphatic carbocycles. The Bertz CT molecular complexity index is 508. The molecule has 1 aromatic heterocycles. The molecule has 0 saturated carbocycles. The number of rotatable bonds is 2. The molecule has 0 spiro atoms. The fourth-order valence-electron chi connectivity index (χ4n) is 3.23. The number of nitrogens with zero attached hydrogens (tertiary/aromatic N) is 4. The van der Waals surface area contributed by atoms with Gasteiger partial charge in [-0.15, -0.1) is 0 Å². The van der Waals surface area contributed by atoms with Gasteiger partial charge in [0.05, 0.1) is 0 Å². The Morgan fingerprint density at radius 1 is 1.19 bits per heavy atom. The summed E-state index contributed by atoms with van der Waals surface area (Å²) in [5.41, 5.74) is 0. The molecule has 1 aromatic rings. The van der Waals surface area contributed by atoms with E-state index in [1.807, 2.05) is 9.80 Å². The minimum absolute atomic E-state index is 0.0459. The maximum atomic E-state index is 12.6. The first-order chi connectivity index (χ1) is 10.1. The lowest BCUT2D eigenvalue weighted by atomic mass is 9.95. The highest BCUT2D eigenvalue weighted by Gasteiger charge is 2.34. The molecule has 21 heavy (non-hydrogen) atoms. The standard InChI is InChI=1S/C14H20N4O3/c1-10(19)17-5-2-11(3-6-17)14(20)18-7-4-12(8-18)13-15-9-21-16-13/h9,11-12H,2-8H2,1H3/t12-/m0/s1. The van der Waals surface area contributed by atoms with Gasteiger partial charge in [-0.2, -0.15) is 4.98 Å². The molecular formula is C14H20N4O3. The van der Waals surface area contributed by atoms with Crippen LogP contribution in [0.2, 0.25) is 0 Å². The van der Waals surface area contributed by atoms with Crippen molar-refractivity contribution in [2.75, 3.05) is 26.2 Å². The Hall–Kier alpha value is -1.92. The van der Waals surface area contributed by atoms with Crippen molar-refractivity contribution in [1.29, 1.82) is 0 Å². The number of likely N-dealkylation sites (tertiary alicyclic amines) is 2. The monoisotopic (exact) mass is 292 g/mol. The van der Waals surface area contributed by atoms with E-state index in [2.05, 4.69) is 10.1 Å². The molecule has 114 valence electrons. The SMILES string of the molecule is CC(=O)N1CCC(C(=O)N2CC[C@H](c3ncon3)C2)CC1. The normalized spacial score (nSPS) is 23.6. The van der Waals surface area contributed by atoms with Gasteiger partial charge < -0.3 is 14.3 Å². The molecule has 2 amide bonds. The molecule has 0 bridgehead atoms. The van der Waals surface area contributed by atoms with Crippen molar-refractivity contribution in [2.24, 2.45) is 5.92 Å². The fourth-order valence-corrected chi connectivity index (χ4v) is 3.23. The Kier molecular flexibility index (Phi) is 3.90. The predicted molar refractivity (Wildman–Crippen MR) is 73.2 cm³/mol. The highest BCUT2D eigenvalue weighted by atomic mass is 16.5. The molecule has 2 fully saturated rings. The van der Waals surface area contributed by atoms with Gasteiger partial charge in [-0.1, -0.05) is 5.16 Å². The van der Waals surface area contributed by atoms with E-state index < -0.39 is 0 Å². The van der Waals surface area contributed by atoms with Crippen molar-refractivity contribution >= 4 is 11.8 Å². The summed E-state index contributed by atoms with van der Waals surface area (Å²) in [4.78, 5) is 31.7. The first-order valence-electron chi connectivity index (χ1n) is 7.45. The van der Waals surface area contributed by atoms with Crippen LogP contribution in [-0.4, -0.2) is 57.9 Å². The van der Waals surface area contributed by atoms with E-state index in [0.29, 0.717) is 25.5 Å². The maximum absolute atomic E-state index is 12.6. The Morgan fingerprint density at radius 2 is 1.90 bits per heavy atom. The van der Waals surface area contributed by atoms with Gasteiger partial charge in [-0.05, 0) is 19.3 Å². The highest BCUT2D eigenvalue weighted by molar-refractivity contribution is 5.80. The van der Waals surface area contributed by atoms with Crippen molar-refractivity contribution in [1.82, 2.24) is 19.9 Å². The van der Waals surface area contributed by atoms with Crippen LogP contribution in [0, 0.1) is 5.92 Å². The zero-order chi connectivity index (χ0) is 14.8. The first kappa shape index (κ1) is 14.0. The zero-order valence-corrected chi connectivity index (χ0v) is 12.2. The molecule has 2 aliphatic heterocycles. The molecular weight excluding hydrogens is 272 g/mol. The summed E-state index contributed by atoms with van der Waals surface area (Å²) in [6, 6.07) is 0. The molecule has 0 unspecified atom stereocenters. The number of aromatic nitrogens is 2. The maximum Gasteiger partial charge on any atom is 0.225 e. The van der Waals surface area contributed by atoms with E-state index in [1.54, 1.807) is 6.92 Å². The van der Waals surface area contributed by atoms with E-state index in [9.17, 15) is 9.59 Å². The van der Waals surface area contributed by atoms with E-state index in [-0.39, 0.29) is 23.7 Å². The van der Waals surface area contributed by atoms with Crippen molar-refractivity contribution in [3.63, 3.8) is 0 Å². The first-order valence-corrected chi connectivity index (χ1v) is 7.45. The van der Waals surface area contributed by atoms with Gasteiger partial charge in [0.2, 0.25) is 18.2 Å². The minimum atomic E-state index is 0.0459. The summed E-state index contributed by atoms with van der Waals surface area (Å²) in [6.07, 6.45) is 3.75. The fraction of sp³-hybridized carbons (Fsp3) is 0.714. The van der Waals surface area contributed by atoms with Crippen LogP contribution in [-0.2, 0) is 9.59 Å². The van der Waals surface area contributed by atoms with Gasteiger partial charge in [-0.3, -0.25) is 9.59 Å². The number of hydrogen-bond acceptors (Lipinski definition) is 5. The van der Waals surface area contributed by atoms with E-state index in [0.717, 1.165) is 25.8 Å². The van der Waals surface area contributed by atoms with Crippen LogP contribution in [0.1, 0.15) is 37.9 Å². The third-order valence-corrected chi connectivity index (χ3v) is 4.53. The molecule has 3 rings (SSSR count). The van der Waals surface area contributed by atoms with Crippen LogP contribution < -0.4 is 0 Å². The second kappa shape index (κ2) is 5.83. The highest BCUT2D eigenvalue weighted by Crippen LogP contribution is 2.28. The molecule has 7 heteroatoms. The average molecular weight is 292 g/mol. The lowest BCUT2D eigenvalue weighted by Crippen LogP contribution is -2.43. The summed E-state index contributed by atoms with van der Waals surface area (Å²) in [5, 5.41) is 3.87. The average Bonchev–Trinajstić information content (AvgIpc) is 3.17. The number of amides is 2. The number of carbonyl (C=O) groups is 2. The van der Waals surface area contributed by atoms with Gasteiger partial charge in [0.15, 0.2) is 5.82 Å². The Morgan fingerprint density at radius 3 is 2.52 bits per heavy atom. The van der Waals surface area contributed by atoms with Crippen LogP contribution >= 0.6 is 0 Å². The Labute approximate surface area is 123 Å². The number of hydrogen-bond donors (Lipinski definition) is 0. The third kappa shape index (κ3) is 2.91. The van der Waals surface area contributed by atoms with Gasteiger partial charge in [0, 0.05) is 44.9 Å². The molecule has 0 radical (unpaired) electrons. The van der Waals surface area contributed by atoms with Crippen LogP contribution in [0.15, 0.2) is 10.9 Å². The molecule has 2 saturated heterocycles. The van der Waals surface area contributed by atoms with Gasteiger partial charge in [0.1, 0.15) is 0 Å². The van der Waals surface area contributed by atoms with Crippen LogP contribution in [0.4, 0.5) is 0 Å². The van der Waals surface area contributed by atoms with E-state index >= 15 is 0 Å². The minimum Gasteiger partial charge on any atom is -0.343 e. The van der Waals surface area contributed by atoms with Crippen LogP contribution in [0.3, 0.4) is 0 Å². The van der Waals surface area contributed by atoms with Crippen molar-refractivity contribution in [3.8, 4) is 0 Å². The molecule has 1 atom stereocenters. The zero-order valence-electron chi connectivity index (χ0n) is 12.2. The van der Waals surface area contributed by atoms with Gasteiger partial charge in [-0.25, -0.2) is 0 Å². The predicted octanol–water partition coefficient (Wildman–Crippen LogP) is 0.644. The second-order valence-electron chi connectivity index (χ2n) is 5.84. The largest absolute Gasteiger partial charge is 0.343 e. The summed E-state index contributed by atoms with van der Waals surface area (Å²) in [7, 11) is 0.